The molecule has 146 valence electrons. The molecule has 1 atom stereocenters. The third kappa shape index (κ3) is 7.17. The first-order chi connectivity index (χ1) is 13.1. The Morgan fingerprint density at radius 3 is 2.56 bits per heavy atom. The number of amides is 1. The fourth-order valence-electron chi connectivity index (χ4n) is 2.71. The van der Waals surface area contributed by atoms with Crippen molar-refractivity contribution in [1.29, 1.82) is 0 Å². The first kappa shape index (κ1) is 20.6. The molecule has 1 unspecified atom stereocenters. The molecular weight excluding hydrogens is 340 g/mol. The van der Waals surface area contributed by atoms with Gasteiger partial charge in [-0.25, -0.2) is 0 Å². The molecule has 0 radical (unpaired) electrons. The lowest BCUT2D eigenvalue weighted by atomic mass is 10.1. The van der Waals surface area contributed by atoms with Crippen LogP contribution >= 0.6 is 0 Å². The SMILES string of the molecule is CN=C(NCCCNC(=O)c1occc1C)NC(C)CCc1ccccc1. The summed E-state index contributed by atoms with van der Waals surface area (Å²) in [6, 6.07) is 12.6. The zero-order valence-electron chi connectivity index (χ0n) is 16.4. The standard InChI is InChI=1S/C21H30N4O2/c1-16-12-15-27-19(16)20(26)23-13-7-14-24-21(22-3)25-17(2)10-11-18-8-5-4-6-9-18/h4-6,8-9,12,15,17H,7,10-11,13-14H2,1-3H3,(H,23,26)(H2,22,24,25). The van der Waals surface area contributed by atoms with Gasteiger partial charge in [-0.3, -0.25) is 9.79 Å². The summed E-state index contributed by atoms with van der Waals surface area (Å²) >= 11 is 0. The number of hydrogen-bond donors (Lipinski definition) is 3. The summed E-state index contributed by atoms with van der Waals surface area (Å²) in [5, 5.41) is 9.55. The van der Waals surface area contributed by atoms with Crippen molar-refractivity contribution < 1.29 is 9.21 Å². The Hall–Kier alpha value is -2.76. The van der Waals surface area contributed by atoms with Crippen LogP contribution in [0.3, 0.4) is 0 Å². The molecule has 0 saturated heterocycles. The van der Waals surface area contributed by atoms with Gasteiger partial charge in [0.2, 0.25) is 0 Å². The maximum atomic E-state index is 12.0. The summed E-state index contributed by atoms with van der Waals surface area (Å²) in [6.07, 6.45) is 4.39. The summed E-state index contributed by atoms with van der Waals surface area (Å²) in [5.41, 5.74) is 2.19. The molecule has 3 N–H and O–H groups in total. The van der Waals surface area contributed by atoms with Crippen LogP contribution in [0.5, 0.6) is 0 Å². The minimum absolute atomic E-state index is 0.172. The van der Waals surface area contributed by atoms with E-state index in [4.69, 9.17) is 4.42 Å². The Morgan fingerprint density at radius 2 is 1.89 bits per heavy atom. The summed E-state index contributed by atoms with van der Waals surface area (Å²) in [5.74, 6) is 0.992. The Morgan fingerprint density at radius 1 is 1.15 bits per heavy atom. The second kappa shape index (κ2) is 11.1. The molecule has 6 heteroatoms. The van der Waals surface area contributed by atoms with Gasteiger partial charge in [0.1, 0.15) is 0 Å². The molecule has 1 heterocycles. The normalized spacial score (nSPS) is 12.5. The third-order valence-electron chi connectivity index (χ3n) is 4.32. The van der Waals surface area contributed by atoms with Crippen LogP contribution in [0.1, 0.15) is 41.4 Å². The number of furan rings is 1. The maximum absolute atomic E-state index is 12.0. The number of carbonyl (C=O) groups is 1. The quantitative estimate of drug-likeness (QED) is 0.360. The fraction of sp³-hybridized carbons (Fsp3) is 0.429. The molecule has 0 fully saturated rings. The van der Waals surface area contributed by atoms with E-state index < -0.39 is 0 Å². The predicted molar refractivity (Wildman–Crippen MR) is 109 cm³/mol. The van der Waals surface area contributed by atoms with Gasteiger partial charge < -0.3 is 20.4 Å². The number of nitrogens with one attached hydrogen (secondary N) is 3. The molecule has 0 aliphatic carbocycles. The summed E-state index contributed by atoms with van der Waals surface area (Å²) < 4.78 is 5.18. The maximum Gasteiger partial charge on any atom is 0.287 e. The van der Waals surface area contributed by atoms with E-state index in [0.717, 1.165) is 37.3 Å². The molecule has 27 heavy (non-hydrogen) atoms. The second-order valence-corrected chi connectivity index (χ2v) is 6.61. The number of benzene rings is 1. The van der Waals surface area contributed by atoms with Gasteiger partial charge in [-0.2, -0.15) is 0 Å². The van der Waals surface area contributed by atoms with Gasteiger partial charge in [0.05, 0.1) is 6.26 Å². The first-order valence-electron chi connectivity index (χ1n) is 9.43. The lowest BCUT2D eigenvalue weighted by Crippen LogP contribution is -2.43. The molecule has 1 aromatic heterocycles. The van der Waals surface area contributed by atoms with Gasteiger partial charge in [0.15, 0.2) is 11.7 Å². The van der Waals surface area contributed by atoms with E-state index in [0.29, 0.717) is 18.3 Å². The molecule has 0 spiro atoms. The molecule has 2 rings (SSSR count). The largest absolute Gasteiger partial charge is 0.459 e. The van der Waals surface area contributed by atoms with E-state index in [-0.39, 0.29) is 5.91 Å². The average molecular weight is 370 g/mol. The second-order valence-electron chi connectivity index (χ2n) is 6.61. The number of rotatable bonds is 9. The van der Waals surface area contributed by atoms with Crippen molar-refractivity contribution >= 4 is 11.9 Å². The van der Waals surface area contributed by atoms with Crippen molar-refractivity contribution in [2.45, 2.75) is 39.2 Å². The van der Waals surface area contributed by atoms with Gasteiger partial charge in [-0.15, -0.1) is 0 Å². The Balaban J connectivity index is 1.61. The van der Waals surface area contributed by atoms with Crippen LogP contribution in [0, 0.1) is 6.92 Å². The lowest BCUT2D eigenvalue weighted by Gasteiger charge is -2.18. The first-order valence-corrected chi connectivity index (χ1v) is 9.43. The number of hydrogen-bond acceptors (Lipinski definition) is 3. The summed E-state index contributed by atoms with van der Waals surface area (Å²) in [4.78, 5) is 16.2. The summed E-state index contributed by atoms with van der Waals surface area (Å²) in [6.45, 7) is 5.31. The van der Waals surface area contributed by atoms with Gasteiger partial charge in [-0.1, -0.05) is 30.3 Å². The molecular formula is C21H30N4O2. The zero-order valence-corrected chi connectivity index (χ0v) is 16.4. The molecule has 1 aromatic carbocycles. The number of nitrogens with zero attached hydrogens (tertiary/aromatic N) is 1. The number of guanidine groups is 1. The van der Waals surface area contributed by atoms with Crippen molar-refractivity contribution in [3.8, 4) is 0 Å². The highest BCUT2D eigenvalue weighted by molar-refractivity contribution is 5.92. The number of carbonyl (C=O) groups excluding carboxylic acids is 1. The van der Waals surface area contributed by atoms with Crippen LogP contribution < -0.4 is 16.0 Å². The topological polar surface area (TPSA) is 78.7 Å². The number of aliphatic imine (C=N–C) groups is 1. The highest BCUT2D eigenvalue weighted by Crippen LogP contribution is 2.08. The Kier molecular flexibility index (Phi) is 8.42. The zero-order chi connectivity index (χ0) is 19.5. The van der Waals surface area contributed by atoms with E-state index in [1.54, 1.807) is 13.1 Å². The van der Waals surface area contributed by atoms with E-state index in [1.807, 2.05) is 13.0 Å². The van der Waals surface area contributed by atoms with E-state index in [9.17, 15) is 4.79 Å². The van der Waals surface area contributed by atoms with Crippen LogP contribution in [-0.2, 0) is 6.42 Å². The van der Waals surface area contributed by atoms with Gasteiger partial charge in [-0.05, 0) is 44.7 Å². The van der Waals surface area contributed by atoms with Crippen molar-refractivity contribution in [3.63, 3.8) is 0 Å². The average Bonchev–Trinajstić information content (AvgIpc) is 3.11. The van der Waals surface area contributed by atoms with Crippen molar-refractivity contribution in [2.75, 3.05) is 20.1 Å². The highest BCUT2D eigenvalue weighted by atomic mass is 16.3. The minimum Gasteiger partial charge on any atom is -0.459 e. The Labute approximate surface area is 161 Å². The van der Waals surface area contributed by atoms with Crippen molar-refractivity contribution in [1.82, 2.24) is 16.0 Å². The fourth-order valence-corrected chi connectivity index (χ4v) is 2.71. The molecule has 0 aliphatic rings. The third-order valence-corrected chi connectivity index (χ3v) is 4.32. The van der Waals surface area contributed by atoms with Crippen molar-refractivity contribution in [2.24, 2.45) is 4.99 Å². The van der Waals surface area contributed by atoms with Crippen LogP contribution in [-0.4, -0.2) is 38.0 Å². The van der Waals surface area contributed by atoms with Crippen LogP contribution in [0.4, 0.5) is 0 Å². The van der Waals surface area contributed by atoms with E-state index in [1.165, 1.54) is 11.8 Å². The predicted octanol–water partition coefficient (Wildman–Crippen LogP) is 2.89. The minimum atomic E-state index is -0.172. The van der Waals surface area contributed by atoms with Gasteiger partial charge in [0.25, 0.3) is 5.91 Å². The molecule has 2 aromatic rings. The van der Waals surface area contributed by atoms with Gasteiger partial charge >= 0.3 is 0 Å². The van der Waals surface area contributed by atoms with Crippen molar-refractivity contribution in [3.05, 3.63) is 59.5 Å². The Bertz CT molecular complexity index is 725. The highest BCUT2D eigenvalue weighted by Gasteiger charge is 2.11. The van der Waals surface area contributed by atoms with Crippen LogP contribution in [0.25, 0.3) is 0 Å². The van der Waals surface area contributed by atoms with Crippen LogP contribution in [0.15, 0.2) is 52.1 Å². The molecule has 0 saturated carbocycles. The van der Waals surface area contributed by atoms with E-state index in [2.05, 4.69) is 52.1 Å². The molecule has 6 nitrogen and oxygen atoms in total. The molecule has 1 amide bonds. The number of aryl methyl sites for hydroxylation is 2. The lowest BCUT2D eigenvalue weighted by molar-refractivity contribution is 0.0925. The smallest absolute Gasteiger partial charge is 0.287 e. The van der Waals surface area contributed by atoms with Crippen LogP contribution in [0.2, 0.25) is 0 Å². The molecule has 0 aliphatic heterocycles. The summed E-state index contributed by atoms with van der Waals surface area (Å²) in [7, 11) is 1.76. The monoisotopic (exact) mass is 370 g/mol. The van der Waals surface area contributed by atoms with E-state index >= 15 is 0 Å². The van der Waals surface area contributed by atoms with Gasteiger partial charge in [0, 0.05) is 31.7 Å². The molecule has 0 bridgehead atoms.